The predicted molar refractivity (Wildman–Crippen MR) is 213 cm³/mol. The fraction of sp³-hybridized carbons (Fsp3) is 0.149. The fourth-order valence-electron chi connectivity index (χ4n) is 6.65. The summed E-state index contributed by atoms with van der Waals surface area (Å²) in [6.07, 6.45) is 1.50. The Morgan fingerprint density at radius 2 is 1.55 bits per heavy atom. The van der Waals surface area contributed by atoms with Crippen LogP contribution in [0.25, 0.3) is 33.6 Å². The van der Waals surface area contributed by atoms with E-state index in [1.165, 1.54) is 18.3 Å². The summed E-state index contributed by atoms with van der Waals surface area (Å²) in [5.74, 6) is 3.11. The Kier molecular flexibility index (Phi) is 7.73. The molecule has 5 aromatic carbocycles. The Hall–Kier alpha value is -5.29. The van der Waals surface area contributed by atoms with E-state index in [4.69, 9.17) is 20.4 Å². The van der Waals surface area contributed by atoms with Gasteiger partial charge in [0.05, 0.1) is 0 Å². The molecule has 0 saturated carbocycles. The Bertz CT molecular complexity index is 2720. The molecule has 0 spiro atoms. The van der Waals surface area contributed by atoms with Crippen LogP contribution in [0.2, 0.25) is 0 Å². The van der Waals surface area contributed by atoms with E-state index in [0.717, 1.165) is 44.8 Å². The van der Waals surface area contributed by atoms with Crippen LogP contribution in [-0.4, -0.2) is 16.7 Å². The standard InChI is InChI=1S/C28H23BNO2.C19H16N.Ir/c1-28(2,3)17-18-14-15-30-22(16-18)19-8-6-10-21-27(19)32-25-13-7-12-24-26(25)29(21)20-9-4-5-11-23(20)31-24;1-14-8-10-17(11-9-14)19-12-18(15(2)13-20-19)16-6-4-3-5-7-16;/h4-7,9-16H,17H2,1-3H3;3-10,12-13H,1-2H3;/q2*-1;/i17D2;1D3,2D3;. The maximum atomic E-state index is 8.72. The fourth-order valence-corrected chi connectivity index (χ4v) is 6.65. The first-order valence-electron chi connectivity index (χ1n) is 21.1. The third-order valence-electron chi connectivity index (χ3n) is 8.88. The monoisotopic (exact) mass is 875 g/mol. The van der Waals surface area contributed by atoms with Crippen molar-refractivity contribution in [3.63, 3.8) is 0 Å². The second-order valence-corrected chi connectivity index (χ2v) is 13.8. The first-order valence-corrected chi connectivity index (χ1v) is 17.1. The van der Waals surface area contributed by atoms with Gasteiger partial charge in [0, 0.05) is 54.7 Å². The summed E-state index contributed by atoms with van der Waals surface area (Å²) in [6.45, 7) is 1.21. The molecule has 9 rings (SSSR count). The Balaban J connectivity index is 0.000000188. The second-order valence-electron chi connectivity index (χ2n) is 13.8. The second kappa shape index (κ2) is 15.0. The van der Waals surface area contributed by atoms with Gasteiger partial charge in [0.2, 0.25) is 6.71 Å². The minimum atomic E-state index is -2.29. The van der Waals surface area contributed by atoms with Crippen molar-refractivity contribution in [2.75, 3.05) is 0 Å². The predicted octanol–water partition coefficient (Wildman–Crippen LogP) is 9.70. The average Bonchev–Trinajstić information content (AvgIpc) is 3.23. The largest absolute Gasteiger partial charge is 0.503 e. The third kappa shape index (κ3) is 7.48. The van der Waals surface area contributed by atoms with Crippen molar-refractivity contribution in [3.8, 4) is 56.6 Å². The van der Waals surface area contributed by atoms with Crippen LogP contribution in [0.5, 0.6) is 23.0 Å². The average molecular weight is 875 g/mol. The van der Waals surface area contributed by atoms with Crippen LogP contribution >= 0.6 is 0 Å². The number of para-hydroxylation sites is 1. The Morgan fingerprint density at radius 3 is 2.32 bits per heavy atom. The number of rotatable bonds is 4. The number of aryl methyl sites for hydroxylation is 2. The van der Waals surface area contributed by atoms with Crippen LogP contribution in [0.3, 0.4) is 0 Å². The van der Waals surface area contributed by atoms with E-state index in [9.17, 15) is 0 Å². The zero-order valence-electron chi connectivity index (χ0n) is 37.3. The van der Waals surface area contributed by atoms with E-state index < -0.39 is 25.5 Å². The molecule has 2 aliphatic heterocycles. The minimum Gasteiger partial charge on any atom is -0.503 e. The number of pyridine rings is 2. The molecule has 2 aliphatic rings. The number of nitrogens with zero attached hydrogens (tertiary/aromatic N) is 2. The maximum Gasteiger partial charge on any atom is 0.241 e. The summed E-state index contributed by atoms with van der Waals surface area (Å²) in [4.78, 5) is 8.85. The van der Waals surface area contributed by atoms with Gasteiger partial charge in [-0.15, -0.1) is 59.1 Å². The van der Waals surface area contributed by atoms with Gasteiger partial charge in [0.15, 0.2) is 0 Å². The molecule has 4 heterocycles. The molecule has 0 fully saturated rings. The van der Waals surface area contributed by atoms with Gasteiger partial charge in [-0.3, -0.25) is 0 Å². The number of aromatic nitrogens is 2. The molecular formula is C47H39BIrN2O2-2. The molecule has 6 heteroatoms. The van der Waals surface area contributed by atoms with E-state index in [-0.39, 0.29) is 37.9 Å². The number of fused-ring (bicyclic) bond motifs is 4. The summed E-state index contributed by atoms with van der Waals surface area (Å²) in [7, 11) is 0. The number of benzene rings is 5. The molecule has 263 valence electrons. The molecule has 0 saturated heterocycles. The van der Waals surface area contributed by atoms with Crippen molar-refractivity contribution >= 4 is 23.1 Å². The Morgan fingerprint density at radius 1 is 0.755 bits per heavy atom. The summed E-state index contributed by atoms with van der Waals surface area (Å²) in [6, 6.07) is 43.3. The molecule has 0 N–H and O–H groups in total. The van der Waals surface area contributed by atoms with Gasteiger partial charge in [-0.1, -0.05) is 105 Å². The molecular weight excluding hydrogens is 828 g/mol. The molecule has 0 amide bonds. The third-order valence-corrected chi connectivity index (χ3v) is 8.88. The molecule has 7 aromatic rings. The van der Waals surface area contributed by atoms with Crippen LogP contribution in [0.1, 0.15) is 48.4 Å². The Labute approximate surface area is 338 Å². The topological polar surface area (TPSA) is 44.2 Å². The van der Waals surface area contributed by atoms with Crippen LogP contribution < -0.4 is 25.9 Å². The molecule has 0 atom stereocenters. The number of ether oxygens (including phenoxy) is 2. The van der Waals surface area contributed by atoms with Gasteiger partial charge in [0.25, 0.3) is 0 Å². The molecule has 0 aliphatic carbocycles. The van der Waals surface area contributed by atoms with Crippen molar-refractivity contribution in [2.45, 2.75) is 40.8 Å². The van der Waals surface area contributed by atoms with Crippen molar-refractivity contribution in [3.05, 3.63) is 163 Å². The quantitative estimate of drug-likeness (QED) is 0.131. The first kappa shape index (κ1) is 27.3. The van der Waals surface area contributed by atoms with E-state index in [1.54, 1.807) is 24.4 Å². The molecule has 1 radical (unpaired) electrons. The van der Waals surface area contributed by atoms with E-state index in [0.29, 0.717) is 33.8 Å². The van der Waals surface area contributed by atoms with Gasteiger partial charge in [-0.05, 0) is 76.4 Å². The molecule has 4 nitrogen and oxygen atoms in total. The SMILES string of the molecule is [2H]C([2H])([2H])c1c[c-]c(-c2cc(-c3ccccc3)c(C([2H])([2H])[2H])cn2)cc1.[2H]C([2H])(c1ccnc(-c2[c-]ccc3c2Oc2cccc4c2B3c2ccccc2O4)c1)C(C)(C)C.[Ir]. The van der Waals surface area contributed by atoms with E-state index in [1.807, 2.05) is 106 Å². The maximum absolute atomic E-state index is 8.72. The molecule has 53 heavy (non-hydrogen) atoms. The van der Waals surface area contributed by atoms with Gasteiger partial charge < -0.3 is 19.4 Å². The van der Waals surface area contributed by atoms with Gasteiger partial charge in [-0.25, -0.2) is 0 Å². The van der Waals surface area contributed by atoms with Gasteiger partial charge >= 0.3 is 0 Å². The summed E-state index contributed by atoms with van der Waals surface area (Å²) in [5, 5.41) is 0. The van der Waals surface area contributed by atoms with Gasteiger partial charge in [-0.2, -0.15) is 0 Å². The zero-order valence-corrected chi connectivity index (χ0v) is 31.7. The van der Waals surface area contributed by atoms with Crippen molar-refractivity contribution in [1.82, 2.24) is 9.97 Å². The molecule has 0 unspecified atom stereocenters. The van der Waals surface area contributed by atoms with Crippen LogP contribution in [-0.2, 0) is 26.5 Å². The van der Waals surface area contributed by atoms with Gasteiger partial charge in [0.1, 0.15) is 17.2 Å². The van der Waals surface area contributed by atoms with Crippen molar-refractivity contribution in [1.29, 1.82) is 0 Å². The summed E-state index contributed by atoms with van der Waals surface area (Å²) >= 11 is 0. The molecule has 2 aromatic heterocycles. The minimum absolute atomic E-state index is 0. The summed E-state index contributed by atoms with van der Waals surface area (Å²) in [5.41, 5.74) is 7.39. The smallest absolute Gasteiger partial charge is 0.241 e. The summed E-state index contributed by atoms with van der Waals surface area (Å²) < 4.78 is 75.7. The van der Waals surface area contributed by atoms with E-state index >= 15 is 0 Å². The first-order chi connectivity index (χ1) is 28.4. The molecule has 0 bridgehead atoms. The van der Waals surface area contributed by atoms with Crippen molar-refractivity contribution in [2.24, 2.45) is 5.41 Å². The van der Waals surface area contributed by atoms with Crippen LogP contribution in [0.4, 0.5) is 0 Å². The normalized spacial score (nSPS) is 15.0. The van der Waals surface area contributed by atoms with Crippen LogP contribution in [0, 0.1) is 31.3 Å². The van der Waals surface area contributed by atoms with Crippen LogP contribution in [0.15, 0.2) is 134 Å². The zero-order chi connectivity index (χ0) is 42.6. The van der Waals surface area contributed by atoms with E-state index in [2.05, 4.69) is 28.2 Å². The van der Waals surface area contributed by atoms with Crippen molar-refractivity contribution < 1.29 is 40.5 Å². The number of hydrogen-bond donors (Lipinski definition) is 0. The number of hydrogen-bond acceptors (Lipinski definition) is 4.